The van der Waals surface area contributed by atoms with Gasteiger partial charge in [0.15, 0.2) is 24.7 Å². The molecule has 0 saturated carbocycles. The topological polar surface area (TPSA) is 134 Å². The molecule has 2 aliphatic rings. The largest absolute Gasteiger partial charge is 0.480 e. The van der Waals surface area contributed by atoms with Gasteiger partial charge in [-0.3, -0.25) is 9.59 Å². The van der Waals surface area contributed by atoms with Crippen molar-refractivity contribution in [3.8, 4) is 11.5 Å². The first-order valence-corrected chi connectivity index (χ1v) is 9.77. The molecule has 0 bridgehead atoms. The summed E-state index contributed by atoms with van der Waals surface area (Å²) in [5.41, 5.74) is 0. The van der Waals surface area contributed by atoms with Crippen LogP contribution in [0, 0.1) is 0 Å². The van der Waals surface area contributed by atoms with Crippen LogP contribution in [-0.4, -0.2) is 82.2 Å². The second-order valence-electron chi connectivity index (χ2n) is 7.19. The van der Waals surface area contributed by atoms with Crippen molar-refractivity contribution in [3.63, 3.8) is 0 Å². The Morgan fingerprint density at radius 1 is 0.800 bits per heavy atom. The van der Waals surface area contributed by atoms with Crippen LogP contribution < -0.4 is 9.47 Å². The van der Waals surface area contributed by atoms with Gasteiger partial charge in [-0.05, 0) is 37.8 Å². The number of para-hydroxylation sites is 2. The molecule has 2 N–H and O–H groups in total. The number of rotatable bonds is 8. The fraction of sp³-hybridized carbons (Fsp3) is 0.500. The SMILES string of the molecule is O=C(O)[C@H]1CCCN1C(=O)COc1ccccc1OCC(=O)N1CCC[C@@H]1C(=O)O. The number of hydrogen-bond donors (Lipinski definition) is 2. The van der Waals surface area contributed by atoms with Gasteiger partial charge in [0.1, 0.15) is 12.1 Å². The standard InChI is InChI=1S/C20H24N2O8/c23-17(21-9-3-5-13(21)19(25)26)11-29-15-7-1-2-8-16(15)30-12-18(24)22-10-4-6-14(22)20(27)28/h1-2,7-8,13-14H,3-6,9-12H2,(H,25,26)(H,27,28)/t13-,14-/m1/s1. The Bertz CT molecular complexity index is 760. The Balaban J connectivity index is 1.57. The van der Waals surface area contributed by atoms with Crippen LogP contribution in [0.3, 0.4) is 0 Å². The van der Waals surface area contributed by atoms with E-state index in [-0.39, 0.29) is 24.7 Å². The van der Waals surface area contributed by atoms with Gasteiger partial charge in [-0.25, -0.2) is 9.59 Å². The summed E-state index contributed by atoms with van der Waals surface area (Å²) in [5.74, 6) is -2.48. The van der Waals surface area contributed by atoms with Gasteiger partial charge in [0.25, 0.3) is 11.8 Å². The van der Waals surface area contributed by atoms with Crippen molar-refractivity contribution < 1.29 is 38.9 Å². The van der Waals surface area contributed by atoms with Crippen molar-refractivity contribution in [2.75, 3.05) is 26.3 Å². The molecular formula is C20H24N2O8. The van der Waals surface area contributed by atoms with E-state index in [1.165, 1.54) is 9.80 Å². The number of likely N-dealkylation sites (tertiary alicyclic amines) is 2. The number of benzene rings is 1. The molecule has 162 valence electrons. The second kappa shape index (κ2) is 9.47. The lowest BCUT2D eigenvalue weighted by Gasteiger charge is -2.22. The van der Waals surface area contributed by atoms with Crippen molar-refractivity contribution >= 4 is 23.8 Å². The van der Waals surface area contributed by atoms with Crippen LogP contribution in [0.4, 0.5) is 0 Å². The molecule has 3 rings (SSSR count). The Morgan fingerprint density at radius 2 is 1.20 bits per heavy atom. The van der Waals surface area contributed by atoms with Crippen LogP contribution in [0.5, 0.6) is 11.5 Å². The van der Waals surface area contributed by atoms with Gasteiger partial charge in [0, 0.05) is 13.1 Å². The fourth-order valence-corrected chi connectivity index (χ4v) is 3.78. The molecule has 2 fully saturated rings. The molecule has 0 radical (unpaired) electrons. The molecule has 10 nitrogen and oxygen atoms in total. The number of carboxylic acid groups (broad SMARTS) is 2. The highest BCUT2D eigenvalue weighted by Crippen LogP contribution is 2.27. The predicted octanol–water partition coefficient (Wildman–Crippen LogP) is 0.595. The van der Waals surface area contributed by atoms with Crippen LogP contribution >= 0.6 is 0 Å². The highest BCUT2D eigenvalue weighted by Gasteiger charge is 2.35. The summed E-state index contributed by atoms with van der Waals surface area (Å²) in [6, 6.07) is 4.81. The molecule has 2 amide bonds. The fourth-order valence-electron chi connectivity index (χ4n) is 3.78. The van der Waals surface area contributed by atoms with Gasteiger partial charge in [0.2, 0.25) is 0 Å². The number of ether oxygens (including phenoxy) is 2. The summed E-state index contributed by atoms with van der Waals surface area (Å²) in [4.78, 5) is 49.8. The number of carboxylic acids is 2. The Morgan fingerprint density at radius 3 is 1.57 bits per heavy atom. The minimum atomic E-state index is -1.04. The number of amides is 2. The highest BCUT2D eigenvalue weighted by molar-refractivity contribution is 5.86. The third kappa shape index (κ3) is 4.81. The van der Waals surface area contributed by atoms with Gasteiger partial charge in [-0.15, -0.1) is 0 Å². The lowest BCUT2D eigenvalue weighted by molar-refractivity contribution is -0.149. The van der Waals surface area contributed by atoms with Gasteiger partial charge >= 0.3 is 11.9 Å². The molecule has 0 aromatic heterocycles. The first kappa shape index (κ1) is 21.4. The minimum absolute atomic E-state index is 0.237. The van der Waals surface area contributed by atoms with Crippen LogP contribution in [0.15, 0.2) is 24.3 Å². The number of hydrogen-bond acceptors (Lipinski definition) is 6. The molecule has 0 spiro atoms. The normalized spacial score (nSPS) is 20.8. The van der Waals surface area contributed by atoms with E-state index in [0.717, 1.165) is 0 Å². The number of nitrogens with zero attached hydrogens (tertiary/aromatic N) is 2. The number of carbonyl (C=O) groups is 4. The smallest absolute Gasteiger partial charge is 0.326 e. The third-order valence-electron chi connectivity index (χ3n) is 5.27. The lowest BCUT2D eigenvalue weighted by Crippen LogP contribution is -2.43. The summed E-state index contributed by atoms with van der Waals surface area (Å²) >= 11 is 0. The maximum Gasteiger partial charge on any atom is 0.326 e. The van der Waals surface area contributed by atoms with Gasteiger partial charge in [-0.1, -0.05) is 12.1 Å². The Kier molecular flexibility index (Phi) is 6.76. The van der Waals surface area contributed by atoms with E-state index in [2.05, 4.69) is 0 Å². The molecule has 1 aromatic carbocycles. The Labute approximate surface area is 173 Å². The maximum absolute atomic E-state index is 12.4. The summed E-state index contributed by atoms with van der Waals surface area (Å²) < 4.78 is 11.1. The van der Waals surface area contributed by atoms with E-state index in [1.807, 2.05) is 0 Å². The summed E-state index contributed by atoms with van der Waals surface area (Å²) in [6.07, 6.45) is 2.07. The molecule has 1 aromatic rings. The predicted molar refractivity (Wildman–Crippen MR) is 102 cm³/mol. The zero-order valence-electron chi connectivity index (χ0n) is 16.4. The molecular weight excluding hydrogens is 396 g/mol. The van der Waals surface area contributed by atoms with Crippen molar-refractivity contribution in [2.24, 2.45) is 0 Å². The van der Waals surface area contributed by atoms with Crippen LogP contribution in [-0.2, 0) is 19.2 Å². The molecule has 2 saturated heterocycles. The molecule has 10 heteroatoms. The van der Waals surface area contributed by atoms with Crippen molar-refractivity contribution in [2.45, 2.75) is 37.8 Å². The van der Waals surface area contributed by atoms with Gasteiger partial charge < -0.3 is 29.5 Å². The Hall–Kier alpha value is -3.30. The monoisotopic (exact) mass is 420 g/mol. The van der Waals surface area contributed by atoms with E-state index >= 15 is 0 Å². The van der Waals surface area contributed by atoms with E-state index in [0.29, 0.717) is 38.8 Å². The van der Waals surface area contributed by atoms with Crippen molar-refractivity contribution in [1.29, 1.82) is 0 Å². The quantitative estimate of drug-likeness (QED) is 0.624. The zero-order chi connectivity index (χ0) is 21.7. The molecule has 0 unspecified atom stereocenters. The summed E-state index contributed by atoms with van der Waals surface area (Å²) in [7, 11) is 0. The molecule has 2 aliphatic heterocycles. The van der Waals surface area contributed by atoms with Gasteiger partial charge in [0.05, 0.1) is 0 Å². The van der Waals surface area contributed by atoms with Crippen LogP contribution in [0.1, 0.15) is 25.7 Å². The zero-order valence-corrected chi connectivity index (χ0v) is 16.4. The number of aliphatic carboxylic acids is 2. The average molecular weight is 420 g/mol. The first-order chi connectivity index (χ1) is 14.4. The van der Waals surface area contributed by atoms with Crippen LogP contribution in [0.25, 0.3) is 0 Å². The molecule has 2 atom stereocenters. The first-order valence-electron chi connectivity index (χ1n) is 9.77. The second-order valence-corrected chi connectivity index (χ2v) is 7.19. The molecule has 2 heterocycles. The van der Waals surface area contributed by atoms with Crippen molar-refractivity contribution in [1.82, 2.24) is 9.80 Å². The average Bonchev–Trinajstić information content (AvgIpc) is 3.40. The summed E-state index contributed by atoms with van der Waals surface area (Å²) in [5, 5.41) is 18.4. The highest BCUT2D eigenvalue weighted by atomic mass is 16.5. The van der Waals surface area contributed by atoms with E-state index < -0.39 is 35.8 Å². The molecule has 30 heavy (non-hydrogen) atoms. The minimum Gasteiger partial charge on any atom is -0.480 e. The molecule has 0 aliphatic carbocycles. The summed E-state index contributed by atoms with van der Waals surface area (Å²) in [6.45, 7) is 0.0232. The third-order valence-corrected chi connectivity index (χ3v) is 5.27. The van der Waals surface area contributed by atoms with Crippen LogP contribution in [0.2, 0.25) is 0 Å². The van der Waals surface area contributed by atoms with E-state index in [4.69, 9.17) is 9.47 Å². The van der Waals surface area contributed by atoms with Crippen molar-refractivity contribution in [3.05, 3.63) is 24.3 Å². The maximum atomic E-state index is 12.4. The van der Waals surface area contributed by atoms with Gasteiger partial charge in [-0.2, -0.15) is 0 Å². The number of carbonyl (C=O) groups excluding carboxylic acids is 2. The van der Waals surface area contributed by atoms with E-state index in [1.54, 1.807) is 24.3 Å². The lowest BCUT2D eigenvalue weighted by atomic mass is 10.2. The van der Waals surface area contributed by atoms with E-state index in [9.17, 15) is 29.4 Å².